The van der Waals surface area contributed by atoms with Gasteiger partial charge in [-0.1, -0.05) is 145 Å². The predicted octanol–water partition coefficient (Wildman–Crippen LogP) is 6.88. The first kappa shape index (κ1) is 32.4. The Kier molecular flexibility index (Phi) is 9.63. The summed E-state index contributed by atoms with van der Waals surface area (Å²) in [5, 5.41) is 0. The molecule has 2 aromatic heterocycles. The van der Waals surface area contributed by atoms with Crippen molar-refractivity contribution in [3.63, 3.8) is 0 Å². The van der Waals surface area contributed by atoms with Gasteiger partial charge >= 0.3 is 0 Å². The van der Waals surface area contributed by atoms with E-state index >= 15 is 0 Å². The van der Waals surface area contributed by atoms with Crippen LogP contribution in [-0.4, -0.2) is 17.5 Å². The number of nitrogens with zero attached hydrogens (tertiary/aromatic N) is 3. The Morgan fingerprint density at radius 2 is 0.980 bits per heavy atom. The van der Waals surface area contributed by atoms with Crippen molar-refractivity contribution >= 4 is 11.3 Å². The van der Waals surface area contributed by atoms with Gasteiger partial charge in [-0.2, -0.15) is 4.40 Å². The number of fused-ring (bicyclic) bond motifs is 1. The largest absolute Gasteiger partial charge is 1.00 e. The van der Waals surface area contributed by atoms with Crippen molar-refractivity contribution in [1.82, 2.24) is 4.40 Å². The smallest absolute Gasteiger partial charge is 0.255 e. The van der Waals surface area contributed by atoms with Gasteiger partial charge in [0.2, 0.25) is 5.82 Å². The fourth-order valence-electron chi connectivity index (χ4n) is 7.82. The molecular formula is C45H42ClN3. The van der Waals surface area contributed by atoms with Crippen LogP contribution in [-0.2, 0) is 0 Å². The van der Waals surface area contributed by atoms with E-state index < -0.39 is 0 Å². The quantitative estimate of drug-likeness (QED) is 0.128. The number of halogens is 1. The first-order valence-corrected chi connectivity index (χ1v) is 17.4. The number of pyridine rings is 1. The molecule has 4 heteroatoms. The minimum absolute atomic E-state index is 0. The van der Waals surface area contributed by atoms with Gasteiger partial charge in [0.05, 0.1) is 0 Å². The van der Waals surface area contributed by atoms with Crippen LogP contribution in [0.2, 0.25) is 0 Å². The van der Waals surface area contributed by atoms with Crippen LogP contribution in [0.25, 0.3) is 11.2 Å². The minimum atomic E-state index is 0. The standard InChI is InChI=1S/C45H42N3.ClH/c1-34-30-40(43(35-18-7-2-8-19-35)36-20-9-3-10-21-36)45(41(31-34)44(37-22-11-4-12-23-37)38-24-13-5-14-25-38)47-32-39-26-17-27-42(48(39)33-47)46-28-15-6-16-29-46;/h2-5,7-14,17-27,30-33,43-44H,6,15-16,28-29H2,1H3;1H/q+1;/p-1. The van der Waals surface area contributed by atoms with Crippen LogP contribution in [0.4, 0.5) is 5.82 Å². The highest BCUT2D eigenvalue weighted by atomic mass is 35.5. The summed E-state index contributed by atoms with van der Waals surface area (Å²) >= 11 is 0. The molecule has 1 aliphatic heterocycles. The van der Waals surface area contributed by atoms with Crippen LogP contribution in [0.3, 0.4) is 0 Å². The average molecular weight is 660 g/mol. The van der Waals surface area contributed by atoms with Crippen molar-refractivity contribution in [2.24, 2.45) is 0 Å². The van der Waals surface area contributed by atoms with E-state index in [2.05, 4.69) is 185 Å². The van der Waals surface area contributed by atoms with Crippen LogP contribution in [0.15, 0.2) is 164 Å². The second-order valence-corrected chi connectivity index (χ2v) is 13.2. The maximum atomic E-state index is 2.56. The monoisotopic (exact) mass is 659 g/mol. The van der Waals surface area contributed by atoms with Crippen molar-refractivity contribution < 1.29 is 17.0 Å². The zero-order valence-corrected chi connectivity index (χ0v) is 28.8. The molecule has 1 fully saturated rings. The minimum Gasteiger partial charge on any atom is -1.00 e. The lowest BCUT2D eigenvalue weighted by atomic mass is 9.78. The number of hydrogen-bond donors (Lipinski definition) is 0. The Balaban J connectivity index is 0.00000378. The van der Waals surface area contributed by atoms with Crippen LogP contribution in [0.5, 0.6) is 0 Å². The number of rotatable bonds is 8. The van der Waals surface area contributed by atoms with Gasteiger partial charge in [0.15, 0.2) is 5.52 Å². The van der Waals surface area contributed by atoms with Gasteiger partial charge < -0.3 is 17.3 Å². The number of aryl methyl sites for hydroxylation is 1. The zero-order chi connectivity index (χ0) is 32.3. The van der Waals surface area contributed by atoms with E-state index in [0.29, 0.717) is 0 Å². The van der Waals surface area contributed by atoms with Gasteiger partial charge in [-0.25, -0.2) is 4.57 Å². The lowest BCUT2D eigenvalue weighted by Gasteiger charge is -2.27. The number of anilines is 1. The van der Waals surface area contributed by atoms with E-state index in [1.54, 1.807) is 0 Å². The Bertz CT molecular complexity index is 1940. The van der Waals surface area contributed by atoms with E-state index in [0.717, 1.165) is 13.1 Å². The molecule has 0 N–H and O–H groups in total. The molecule has 0 saturated carbocycles. The van der Waals surface area contributed by atoms with Gasteiger partial charge in [-0.05, 0) is 54.5 Å². The van der Waals surface area contributed by atoms with E-state index in [-0.39, 0.29) is 24.2 Å². The molecular weight excluding hydrogens is 618 g/mol. The van der Waals surface area contributed by atoms with Crippen molar-refractivity contribution in [3.8, 4) is 5.69 Å². The third kappa shape index (κ3) is 6.51. The molecule has 3 heterocycles. The molecule has 0 amide bonds. The Morgan fingerprint density at radius 1 is 0.531 bits per heavy atom. The molecule has 1 saturated heterocycles. The third-order valence-electron chi connectivity index (χ3n) is 9.95. The summed E-state index contributed by atoms with van der Waals surface area (Å²) in [7, 11) is 0. The molecule has 0 radical (unpaired) electrons. The number of aromatic nitrogens is 2. The van der Waals surface area contributed by atoms with Crippen LogP contribution in [0.1, 0.15) is 70.0 Å². The molecule has 0 atom stereocenters. The van der Waals surface area contributed by atoms with E-state index in [1.165, 1.54) is 75.2 Å². The van der Waals surface area contributed by atoms with Crippen LogP contribution >= 0.6 is 0 Å². The summed E-state index contributed by atoms with van der Waals surface area (Å²) in [5.74, 6) is 1.36. The number of imidazole rings is 1. The van der Waals surface area contributed by atoms with Gasteiger partial charge in [-0.3, -0.25) is 0 Å². The van der Waals surface area contributed by atoms with Crippen molar-refractivity contribution in [3.05, 3.63) is 203 Å². The lowest BCUT2D eigenvalue weighted by Crippen LogP contribution is -3.00. The molecule has 0 unspecified atom stereocenters. The molecule has 244 valence electrons. The third-order valence-corrected chi connectivity index (χ3v) is 9.95. The molecule has 1 aliphatic rings. The summed E-state index contributed by atoms with van der Waals surface area (Å²) in [4.78, 5) is 2.56. The molecule has 0 aliphatic carbocycles. The summed E-state index contributed by atoms with van der Waals surface area (Å²) in [5.41, 5.74) is 11.5. The Morgan fingerprint density at radius 3 is 1.43 bits per heavy atom. The lowest BCUT2D eigenvalue weighted by molar-refractivity contribution is -0.595. The zero-order valence-electron chi connectivity index (χ0n) is 28.0. The Hall–Kier alpha value is -5.12. The summed E-state index contributed by atoms with van der Waals surface area (Å²) < 4.78 is 4.82. The highest BCUT2D eigenvalue weighted by molar-refractivity contribution is 5.60. The van der Waals surface area contributed by atoms with Crippen molar-refractivity contribution in [1.29, 1.82) is 0 Å². The number of hydrogen-bond acceptors (Lipinski definition) is 1. The highest BCUT2D eigenvalue weighted by Gasteiger charge is 2.31. The van der Waals surface area contributed by atoms with Crippen LogP contribution in [0, 0.1) is 6.92 Å². The molecule has 49 heavy (non-hydrogen) atoms. The maximum Gasteiger partial charge on any atom is 0.255 e. The normalized spacial score (nSPS) is 13.2. The average Bonchev–Trinajstić information content (AvgIpc) is 3.58. The summed E-state index contributed by atoms with van der Waals surface area (Å²) in [6.45, 7) is 4.46. The number of benzene rings is 5. The molecule has 3 nitrogen and oxygen atoms in total. The van der Waals surface area contributed by atoms with Gasteiger partial charge in [0.1, 0.15) is 11.9 Å². The summed E-state index contributed by atoms with van der Waals surface area (Å²) in [6, 6.07) is 55.7. The van der Waals surface area contributed by atoms with Crippen molar-refractivity contribution in [2.45, 2.75) is 38.0 Å². The second kappa shape index (κ2) is 14.6. The topological polar surface area (TPSA) is 11.5 Å². The number of piperidine rings is 1. The first-order valence-electron chi connectivity index (χ1n) is 17.4. The van der Waals surface area contributed by atoms with E-state index in [9.17, 15) is 0 Å². The van der Waals surface area contributed by atoms with Gasteiger partial charge in [0.25, 0.3) is 6.33 Å². The Labute approximate surface area is 296 Å². The first-order chi connectivity index (χ1) is 23.7. The molecule has 0 spiro atoms. The molecule has 5 aromatic carbocycles. The molecule has 8 rings (SSSR count). The van der Waals surface area contributed by atoms with E-state index in [4.69, 9.17) is 0 Å². The van der Waals surface area contributed by atoms with E-state index in [1.807, 2.05) is 0 Å². The fraction of sp³-hybridized carbons (Fsp3) is 0.178. The second-order valence-electron chi connectivity index (χ2n) is 13.2. The maximum absolute atomic E-state index is 2.56. The summed E-state index contributed by atoms with van der Waals surface area (Å²) in [6.07, 6.45) is 8.47. The van der Waals surface area contributed by atoms with Crippen molar-refractivity contribution in [2.75, 3.05) is 18.0 Å². The van der Waals surface area contributed by atoms with Crippen LogP contribution < -0.4 is 21.9 Å². The van der Waals surface area contributed by atoms with Gasteiger partial charge in [-0.15, -0.1) is 0 Å². The fourth-order valence-corrected chi connectivity index (χ4v) is 7.82. The molecule has 0 bridgehead atoms. The SMILES string of the molecule is Cc1cc(C(c2ccccc2)c2ccccc2)c(-[n+]2cc3cccc(N4CCCCC4)n3c2)c(C(c2ccccc2)c2ccccc2)c1.[Cl-]. The molecule has 7 aromatic rings. The predicted molar refractivity (Wildman–Crippen MR) is 197 cm³/mol. The highest BCUT2D eigenvalue weighted by Crippen LogP contribution is 2.41. The van der Waals surface area contributed by atoms with Gasteiger partial charge in [0, 0.05) is 42.1 Å².